The minimum absolute atomic E-state index is 0.0439. The summed E-state index contributed by atoms with van der Waals surface area (Å²) in [7, 11) is 0. The third-order valence-corrected chi connectivity index (χ3v) is 5.07. The van der Waals surface area contributed by atoms with Gasteiger partial charge in [-0.25, -0.2) is 0 Å². The molecule has 146 valence electrons. The summed E-state index contributed by atoms with van der Waals surface area (Å²) >= 11 is 0. The van der Waals surface area contributed by atoms with Crippen molar-refractivity contribution in [2.45, 2.75) is 39.0 Å². The van der Waals surface area contributed by atoms with E-state index in [2.05, 4.69) is 16.2 Å². The molecule has 6 heteroatoms. The fourth-order valence-corrected chi connectivity index (χ4v) is 3.39. The van der Waals surface area contributed by atoms with Crippen molar-refractivity contribution in [2.75, 3.05) is 5.32 Å². The monoisotopic (exact) mass is 379 g/mol. The molecule has 1 aliphatic carbocycles. The molecule has 6 nitrogen and oxygen atoms in total. The average molecular weight is 379 g/mol. The van der Waals surface area contributed by atoms with Gasteiger partial charge in [0.25, 0.3) is 11.8 Å². The lowest BCUT2D eigenvalue weighted by Gasteiger charge is -2.20. The van der Waals surface area contributed by atoms with Crippen LogP contribution in [0.25, 0.3) is 0 Å². The zero-order valence-corrected chi connectivity index (χ0v) is 16.0. The highest BCUT2D eigenvalue weighted by Gasteiger charge is 2.21. The van der Waals surface area contributed by atoms with E-state index in [1.165, 1.54) is 6.42 Å². The maximum atomic E-state index is 12.3. The predicted molar refractivity (Wildman–Crippen MR) is 108 cm³/mol. The van der Waals surface area contributed by atoms with Crippen molar-refractivity contribution in [3.05, 3.63) is 65.2 Å². The Morgan fingerprint density at radius 3 is 2.14 bits per heavy atom. The molecule has 2 aromatic rings. The van der Waals surface area contributed by atoms with E-state index in [1.807, 2.05) is 19.1 Å². The van der Waals surface area contributed by atoms with Gasteiger partial charge in [-0.05, 0) is 55.7 Å². The maximum absolute atomic E-state index is 12.3. The van der Waals surface area contributed by atoms with Crippen molar-refractivity contribution >= 4 is 23.4 Å². The average Bonchev–Trinajstić information content (AvgIpc) is 2.73. The highest BCUT2D eigenvalue weighted by Crippen LogP contribution is 2.25. The molecule has 1 saturated carbocycles. The molecule has 0 radical (unpaired) electrons. The lowest BCUT2D eigenvalue weighted by molar-refractivity contribution is -0.120. The summed E-state index contributed by atoms with van der Waals surface area (Å²) in [5.41, 5.74) is 7.21. The maximum Gasteiger partial charge on any atom is 0.269 e. The molecule has 0 bridgehead atoms. The fourth-order valence-electron chi connectivity index (χ4n) is 3.39. The normalized spacial score (nSPS) is 14.2. The second-order valence-corrected chi connectivity index (χ2v) is 7.12. The van der Waals surface area contributed by atoms with Gasteiger partial charge in [0.2, 0.25) is 5.91 Å². The van der Waals surface area contributed by atoms with E-state index in [0.29, 0.717) is 16.8 Å². The number of benzene rings is 2. The third kappa shape index (κ3) is 4.97. The lowest BCUT2D eigenvalue weighted by atomic mass is 9.88. The van der Waals surface area contributed by atoms with Gasteiger partial charge in [-0.2, -0.15) is 0 Å². The molecule has 3 N–H and O–H groups in total. The molecular formula is C22H25N3O3. The van der Waals surface area contributed by atoms with Crippen LogP contribution in [0.4, 0.5) is 5.69 Å². The quantitative estimate of drug-likeness (QED) is 0.710. The van der Waals surface area contributed by atoms with Crippen LogP contribution in [-0.4, -0.2) is 17.7 Å². The summed E-state index contributed by atoms with van der Waals surface area (Å²) in [6, 6.07) is 13.8. The molecular weight excluding hydrogens is 354 g/mol. The smallest absolute Gasteiger partial charge is 0.269 e. The molecule has 0 atom stereocenters. The second kappa shape index (κ2) is 9.17. The molecule has 28 heavy (non-hydrogen) atoms. The van der Waals surface area contributed by atoms with Gasteiger partial charge < -0.3 is 5.32 Å². The summed E-state index contributed by atoms with van der Waals surface area (Å²) in [6.45, 7) is 1.83. The first-order valence-electron chi connectivity index (χ1n) is 9.62. The van der Waals surface area contributed by atoms with Crippen molar-refractivity contribution in [1.82, 2.24) is 10.9 Å². The van der Waals surface area contributed by atoms with Gasteiger partial charge in [0.15, 0.2) is 0 Å². The van der Waals surface area contributed by atoms with Gasteiger partial charge in [0.05, 0.1) is 0 Å². The third-order valence-electron chi connectivity index (χ3n) is 5.07. The number of carbonyl (C=O) groups is 3. The molecule has 3 amide bonds. The first-order chi connectivity index (χ1) is 13.5. The van der Waals surface area contributed by atoms with Gasteiger partial charge in [-0.15, -0.1) is 0 Å². The molecule has 2 aromatic carbocycles. The zero-order valence-electron chi connectivity index (χ0n) is 16.0. The standard InChI is InChI=1S/C22H25N3O3/c1-15-7-5-6-10-19(15)22(28)25-24-21(27)17-11-13-18(14-12-17)23-20(26)16-8-3-2-4-9-16/h5-7,10-14,16H,2-4,8-9H2,1H3,(H,23,26)(H,24,27)(H,25,28). The number of aryl methyl sites for hydroxylation is 1. The number of hydrogen-bond acceptors (Lipinski definition) is 3. The van der Waals surface area contributed by atoms with E-state index in [9.17, 15) is 14.4 Å². The molecule has 0 heterocycles. The molecule has 1 fully saturated rings. The largest absolute Gasteiger partial charge is 0.326 e. The Morgan fingerprint density at radius 1 is 0.821 bits per heavy atom. The van der Waals surface area contributed by atoms with Gasteiger partial charge in [0.1, 0.15) is 0 Å². The van der Waals surface area contributed by atoms with Crippen molar-refractivity contribution in [3.63, 3.8) is 0 Å². The van der Waals surface area contributed by atoms with Crippen LogP contribution in [0, 0.1) is 12.8 Å². The Kier molecular flexibility index (Phi) is 6.42. The molecule has 0 spiro atoms. The first-order valence-corrected chi connectivity index (χ1v) is 9.62. The van der Waals surface area contributed by atoms with Gasteiger partial charge in [0, 0.05) is 22.7 Å². The predicted octanol–water partition coefficient (Wildman–Crippen LogP) is 3.59. The Labute approximate surface area is 164 Å². The Balaban J connectivity index is 1.52. The molecule has 1 aliphatic rings. The van der Waals surface area contributed by atoms with Crippen LogP contribution in [0.15, 0.2) is 48.5 Å². The number of carbonyl (C=O) groups excluding carboxylic acids is 3. The van der Waals surface area contributed by atoms with Crippen LogP contribution in [0.1, 0.15) is 58.4 Å². The number of amides is 3. The van der Waals surface area contributed by atoms with Crippen LogP contribution in [0.5, 0.6) is 0 Å². The topological polar surface area (TPSA) is 87.3 Å². The lowest BCUT2D eigenvalue weighted by Crippen LogP contribution is -2.41. The van der Waals surface area contributed by atoms with Crippen LogP contribution in [-0.2, 0) is 4.79 Å². The number of hydrazine groups is 1. The minimum Gasteiger partial charge on any atom is -0.326 e. The Bertz CT molecular complexity index is 856. The highest BCUT2D eigenvalue weighted by atomic mass is 16.2. The fraction of sp³-hybridized carbons (Fsp3) is 0.318. The SMILES string of the molecule is Cc1ccccc1C(=O)NNC(=O)c1ccc(NC(=O)C2CCCCC2)cc1. The number of hydrogen-bond donors (Lipinski definition) is 3. The Morgan fingerprint density at radius 2 is 1.46 bits per heavy atom. The van der Waals surface area contributed by atoms with E-state index < -0.39 is 5.91 Å². The molecule has 0 unspecified atom stereocenters. The number of anilines is 1. The summed E-state index contributed by atoms with van der Waals surface area (Å²) in [5.74, 6) is -0.675. The van der Waals surface area contributed by atoms with E-state index in [4.69, 9.17) is 0 Å². The highest BCUT2D eigenvalue weighted by molar-refractivity contribution is 6.00. The van der Waals surface area contributed by atoms with Crippen molar-refractivity contribution in [3.8, 4) is 0 Å². The van der Waals surface area contributed by atoms with E-state index >= 15 is 0 Å². The summed E-state index contributed by atoms with van der Waals surface area (Å²) in [6.07, 6.45) is 5.28. The van der Waals surface area contributed by atoms with E-state index in [-0.39, 0.29) is 17.7 Å². The number of nitrogens with one attached hydrogen (secondary N) is 3. The molecule has 0 aromatic heterocycles. The first kappa shape index (κ1) is 19.6. The molecule has 3 rings (SSSR count). The van der Waals surface area contributed by atoms with Crippen molar-refractivity contribution in [1.29, 1.82) is 0 Å². The van der Waals surface area contributed by atoms with Gasteiger partial charge >= 0.3 is 0 Å². The van der Waals surface area contributed by atoms with Crippen LogP contribution >= 0.6 is 0 Å². The van der Waals surface area contributed by atoms with Crippen LogP contribution < -0.4 is 16.2 Å². The second-order valence-electron chi connectivity index (χ2n) is 7.12. The van der Waals surface area contributed by atoms with E-state index in [1.54, 1.807) is 36.4 Å². The van der Waals surface area contributed by atoms with Gasteiger partial charge in [-0.1, -0.05) is 37.5 Å². The van der Waals surface area contributed by atoms with Crippen molar-refractivity contribution < 1.29 is 14.4 Å². The van der Waals surface area contributed by atoms with E-state index in [0.717, 1.165) is 31.2 Å². The Hall–Kier alpha value is -3.15. The van der Waals surface area contributed by atoms with Crippen molar-refractivity contribution in [2.24, 2.45) is 5.92 Å². The minimum atomic E-state index is -0.424. The molecule has 0 aliphatic heterocycles. The summed E-state index contributed by atoms with van der Waals surface area (Å²) in [4.78, 5) is 36.7. The van der Waals surface area contributed by atoms with Crippen LogP contribution in [0.3, 0.4) is 0 Å². The summed E-state index contributed by atoms with van der Waals surface area (Å²) < 4.78 is 0. The van der Waals surface area contributed by atoms with Gasteiger partial charge in [-0.3, -0.25) is 25.2 Å². The summed E-state index contributed by atoms with van der Waals surface area (Å²) in [5, 5.41) is 2.92. The molecule has 0 saturated heterocycles. The number of rotatable bonds is 4. The van der Waals surface area contributed by atoms with Crippen LogP contribution in [0.2, 0.25) is 0 Å². The zero-order chi connectivity index (χ0) is 19.9.